The number of ether oxygens (including phenoxy) is 1. The molecule has 5 heteroatoms. The third-order valence-corrected chi connectivity index (χ3v) is 6.07. The van der Waals surface area contributed by atoms with E-state index in [1.54, 1.807) is 4.31 Å². The zero-order valence-electron chi connectivity index (χ0n) is 11.8. The molecule has 1 saturated heterocycles. The van der Waals surface area contributed by atoms with Crippen molar-refractivity contribution < 1.29 is 13.2 Å². The maximum Gasteiger partial charge on any atom is 0.235 e. The predicted octanol–water partition coefficient (Wildman–Crippen LogP) is 2.11. The third kappa shape index (κ3) is 2.69. The maximum absolute atomic E-state index is 12.7. The fourth-order valence-electron chi connectivity index (χ4n) is 3.04. The van der Waals surface area contributed by atoms with Gasteiger partial charge in [0.1, 0.15) is 0 Å². The van der Waals surface area contributed by atoms with Crippen molar-refractivity contribution in [1.82, 2.24) is 0 Å². The number of hydrogen-bond donors (Lipinski definition) is 0. The van der Waals surface area contributed by atoms with Crippen molar-refractivity contribution in [2.24, 2.45) is 5.92 Å². The number of fused-ring (bicyclic) bond motifs is 1. The highest BCUT2D eigenvalue weighted by molar-refractivity contribution is 7.92. The summed E-state index contributed by atoms with van der Waals surface area (Å²) in [4.78, 5) is 0. The Labute approximate surface area is 120 Å². The van der Waals surface area contributed by atoms with Gasteiger partial charge in [0.2, 0.25) is 10.0 Å². The number of rotatable bonds is 3. The Hall–Kier alpha value is -1.07. The van der Waals surface area contributed by atoms with Gasteiger partial charge in [-0.2, -0.15) is 0 Å². The van der Waals surface area contributed by atoms with Crippen LogP contribution < -0.4 is 4.31 Å². The van der Waals surface area contributed by atoms with Crippen LogP contribution in [0, 0.1) is 12.8 Å². The van der Waals surface area contributed by atoms with Crippen molar-refractivity contribution >= 4 is 15.7 Å². The molecule has 3 rings (SSSR count). The highest BCUT2D eigenvalue weighted by Gasteiger charge is 2.31. The lowest BCUT2D eigenvalue weighted by atomic mass is 10.0. The highest BCUT2D eigenvalue weighted by atomic mass is 32.2. The van der Waals surface area contributed by atoms with Crippen LogP contribution in [0.1, 0.15) is 24.0 Å². The van der Waals surface area contributed by atoms with E-state index in [9.17, 15) is 8.42 Å². The summed E-state index contributed by atoms with van der Waals surface area (Å²) < 4.78 is 32.3. The first kappa shape index (κ1) is 13.9. The van der Waals surface area contributed by atoms with Crippen LogP contribution >= 0.6 is 0 Å². The van der Waals surface area contributed by atoms with Gasteiger partial charge < -0.3 is 4.74 Å². The minimum atomic E-state index is -3.24. The lowest BCUT2D eigenvalue weighted by Crippen LogP contribution is -2.39. The van der Waals surface area contributed by atoms with Crippen LogP contribution in [0.5, 0.6) is 0 Å². The fraction of sp³-hybridized carbons (Fsp3) is 0.600. The van der Waals surface area contributed by atoms with E-state index in [0.717, 1.165) is 36.1 Å². The van der Waals surface area contributed by atoms with Gasteiger partial charge in [0.15, 0.2) is 0 Å². The maximum atomic E-state index is 12.7. The molecule has 0 radical (unpaired) electrons. The molecule has 0 N–H and O–H groups in total. The van der Waals surface area contributed by atoms with Gasteiger partial charge in [-0.3, -0.25) is 4.31 Å². The summed E-state index contributed by atoms with van der Waals surface area (Å²) in [5.74, 6) is 0.357. The predicted molar refractivity (Wildman–Crippen MR) is 79.6 cm³/mol. The van der Waals surface area contributed by atoms with Gasteiger partial charge in [0.05, 0.1) is 18.0 Å². The van der Waals surface area contributed by atoms with Crippen LogP contribution in [0.2, 0.25) is 0 Å². The average molecular weight is 295 g/mol. The van der Waals surface area contributed by atoms with E-state index < -0.39 is 10.0 Å². The Morgan fingerprint density at radius 1 is 1.40 bits per heavy atom. The number of anilines is 1. The zero-order valence-corrected chi connectivity index (χ0v) is 12.7. The molecule has 1 aromatic rings. The molecule has 0 saturated carbocycles. The first-order valence-electron chi connectivity index (χ1n) is 7.24. The molecule has 0 bridgehead atoms. The summed E-state index contributed by atoms with van der Waals surface area (Å²) in [6, 6.07) is 6.11. The number of nitrogens with zero attached hydrogens (tertiary/aromatic N) is 1. The van der Waals surface area contributed by atoms with Gasteiger partial charge in [0.25, 0.3) is 0 Å². The molecule has 0 unspecified atom stereocenters. The van der Waals surface area contributed by atoms with Gasteiger partial charge in [-0.15, -0.1) is 0 Å². The zero-order chi connectivity index (χ0) is 14.2. The largest absolute Gasteiger partial charge is 0.381 e. The summed E-state index contributed by atoms with van der Waals surface area (Å²) in [7, 11) is -3.24. The van der Waals surface area contributed by atoms with Crippen LogP contribution in [0.25, 0.3) is 0 Å². The molecular formula is C15H21NO3S. The monoisotopic (exact) mass is 295 g/mol. The first-order chi connectivity index (χ1) is 9.56. The molecule has 1 atom stereocenters. The molecule has 2 aliphatic rings. The number of benzene rings is 1. The summed E-state index contributed by atoms with van der Waals surface area (Å²) in [5.41, 5.74) is 3.14. The standard InChI is InChI=1S/C15H21NO3S/c1-12-4-5-14-3-2-7-16(15(14)9-12)20(17,18)11-13-6-8-19-10-13/h4-5,9,13H,2-3,6-8,10-11H2,1H3/t13-/m0/s1. The molecular weight excluding hydrogens is 274 g/mol. The van der Waals surface area contributed by atoms with Crippen molar-refractivity contribution in [3.63, 3.8) is 0 Å². The van der Waals surface area contributed by atoms with Gasteiger partial charge in [-0.05, 0) is 43.4 Å². The summed E-state index contributed by atoms with van der Waals surface area (Å²) in [5, 5.41) is 0. The topological polar surface area (TPSA) is 46.6 Å². The molecule has 0 aliphatic carbocycles. The minimum Gasteiger partial charge on any atom is -0.381 e. The van der Waals surface area contributed by atoms with Crippen molar-refractivity contribution in [3.05, 3.63) is 29.3 Å². The molecule has 1 aromatic carbocycles. The van der Waals surface area contributed by atoms with Crippen LogP contribution in [0.15, 0.2) is 18.2 Å². The highest BCUT2D eigenvalue weighted by Crippen LogP contribution is 2.31. The van der Waals surface area contributed by atoms with Crippen molar-refractivity contribution in [1.29, 1.82) is 0 Å². The Morgan fingerprint density at radius 3 is 3.00 bits per heavy atom. The van der Waals surface area contributed by atoms with Crippen LogP contribution in [-0.4, -0.2) is 33.9 Å². The van der Waals surface area contributed by atoms with Crippen LogP contribution in [0.3, 0.4) is 0 Å². The average Bonchev–Trinajstić information content (AvgIpc) is 2.90. The van der Waals surface area contributed by atoms with Crippen molar-refractivity contribution in [2.75, 3.05) is 29.8 Å². The Morgan fingerprint density at radius 2 is 2.25 bits per heavy atom. The Balaban J connectivity index is 1.88. The summed E-state index contributed by atoms with van der Waals surface area (Å²) in [6.45, 7) is 3.88. The molecule has 1 fully saturated rings. The second-order valence-electron chi connectivity index (χ2n) is 5.82. The Kier molecular flexibility index (Phi) is 3.73. The van der Waals surface area contributed by atoms with E-state index in [0.29, 0.717) is 19.8 Å². The van der Waals surface area contributed by atoms with E-state index in [-0.39, 0.29) is 11.7 Å². The van der Waals surface area contributed by atoms with Crippen molar-refractivity contribution in [3.8, 4) is 0 Å². The number of aryl methyl sites for hydroxylation is 2. The third-order valence-electron chi connectivity index (χ3n) is 4.12. The van der Waals surface area contributed by atoms with E-state index in [4.69, 9.17) is 4.74 Å². The molecule has 0 amide bonds. The van der Waals surface area contributed by atoms with Crippen LogP contribution in [0.4, 0.5) is 5.69 Å². The molecule has 110 valence electrons. The Bertz CT molecular complexity index is 591. The van der Waals surface area contributed by atoms with Crippen molar-refractivity contribution in [2.45, 2.75) is 26.2 Å². The van der Waals surface area contributed by atoms with Crippen LogP contribution in [-0.2, 0) is 21.2 Å². The second-order valence-corrected chi connectivity index (χ2v) is 7.75. The van der Waals surface area contributed by atoms with E-state index in [2.05, 4.69) is 12.1 Å². The SMILES string of the molecule is Cc1ccc2c(c1)N(S(=O)(=O)C[C@H]1CCOC1)CCC2. The van der Waals surface area contributed by atoms with Gasteiger partial charge in [-0.1, -0.05) is 12.1 Å². The molecule has 4 nitrogen and oxygen atoms in total. The summed E-state index contributed by atoms with van der Waals surface area (Å²) in [6.07, 6.45) is 2.72. The summed E-state index contributed by atoms with van der Waals surface area (Å²) >= 11 is 0. The van der Waals surface area contributed by atoms with Gasteiger partial charge >= 0.3 is 0 Å². The number of sulfonamides is 1. The normalized spacial score (nSPS) is 22.9. The van der Waals surface area contributed by atoms with E-state index in [1.807, 2.05) is 13.0 Å². The fourth-order valence-corrected chi connectivity index (χ4v) is 4.96. The number of hydrogen-bond acceptors (Lipinski definition) is 3. The van der Waals surface area contributed by atoms with E-state index >= 15 is 0 Å². The van der Waals surface area contributed by atoms with Gasteiger partial charge in [-0.25, -0.2) is 8.42 Å². The lowest BCUT2D eigenvalue weighted by Gasteiger charge is -2.31. The lowest BCUT2D eigenvalue weighted by molar-refractivity contribution is 0.188. The van der Waals surface area contributed by atoms with Gasteiger partial charge in [0, 0.05) is 19.1 Å². The smallest absolute Gasteiger partial charge is 0.235 e. The quantitative estimate of drug-likeness (QED) is 0.858. The second kappa shape index (κ2) is 5.37. The first-order valence-corrected chi connectivity index (χ1v) is 8.85. The molecule has 2 heterocycles. The molecule has 2 aliphatic heterocycles. The molecule has 0 aromatic heterocycles. The molecule has 20 heavy (non-hydrogen) atoms. The minimum absolute atomic E-state index is 0.148. The molecule has 0 spiro atoms. The van der Waals surface area contributed by atoms with E-state index in [1.165, 1.54) is 0 Å².